The Balaban J connectivity index is 1.60. The maximum Gasteiger partial charge on any atom is 0.247 e. The standard InChI is InChI=1S/C19H17FN2O3S/c1-12-7-8-13(20)9-15(12)21-17(23)11-26-16-10-18(24)22(19(16)25)14-5-3-2-4-6-14/h2-9,16H,10-11H2,1H3,(H,21,23)/t16-/m1/s1. The second-order valence-electron chi connectivity index (χ2n) is 5.91. The van der Waals surface area contributed by atoms with Crippen molar-refractivity contribution < 1.29 is 18.8 Å². The maximum atomic E-state index is 13.3. The van der Waals surface area contributed by atoms with Crippen LogP contribution in [0.15, 0.2) is 48.5 Å². The quantitative estimate of drug-likeness (QED) is 0.819. The minimum absolute atomic E-state index is 0.00225. The van der Waals surface area contributed by atoms with Crippen molar-refractivity contribution in [1.82, 2.24) is 0 Å². The molecule has 0 aromatic heterocycles. The molecule has 1 N–H and O–H groups in total. The summed E-state index contributed by atoms with van der Waals surface area (Å²) < 4.78 is 13.3. The first-order valence-electron chi connectivity index (χ1n) is 8.05. The van der Waals surface area contributed by atoms with E-state index in [0.717, 1.165) is 22.2 Å². The van der Waals surface area contributed by atoms with Gasteiger partial charge in [-0.1, -0.05) is 24.3 Å². The molecule has 2 aromatic rings. The van der Waals surface area contributed by atoms with Gasteiger partial charge in [-0.15, -0.1) is 11.8 Å². The van der Waals surface area contributed by atoms with Gasteiger partial charge in [0.05, 0.1) is 16.7 Å². The molecule has 3 rings (SSSR count). The molecular weight excluding hydrogens is 355 g/mol. The van der Waals surface area contributed by atoms with Crippen molar-refractivity contribution in [3.8, 4) is 0 Å². The van der Waals surface area contributed by atoms with Gasteiger partial charge in [0.1, 0.15) is 5.82 Å². The first kappa shape index (κ1) is 18.1. The van der Waals surface area contributed by atoms with E-state index in [2.05, 4.69) is 5.32 Å². The highest BCUT2D eigenvalue weighted by Gasteiger charge is 2.39. The zero-order valence-corrected chi connectivity index (χ0v) is 14.9. The van der Waals surface area contributed by atoms with Crippen molar-refractivity contribution in [3.63, 3.8) is 0 Å². The summed E-state index contributed by atoms with van der Waals surface area (Å²) in [6.07, 6.45) is 0.0602. The van der Waals surface area contributed by atoms with Gasteiger partial charge in [-0.2, -0.15) is 0 Å². The lowest BCUT2D eigenvalue weighted by Gasteiger charge is -2.14. The van der Waals surface area contributed by atoms with E-state index in [-0.39, 0.29) is 29.9 Å². The van der Waals surface area contributed by atoms with Crippen LogP contribution < -0.4 is 10.2 Å². The summed E-state index contributed by atoms with van der Waals surface area (Å²) in [6, 6.07) is 12.9. The molecule has 0 aliphatic carbocycles. The van der Waals surface area contributed by atoms with Crippen molar-refractivity contribution >= 4 is 40.9 Å². The third-order valence-corrected chi connectivity index (χ3v) is 5.21. The number of hydrogen-bond donors (Lipinski definition) is 1. The first-order chi connectivity index (χ1) is 12.5. The van der Waals surface area contributed by atoms with Crippen LogP contribution in [0.4, 0.5) is 15.8 Å². The molecule has 1 heterocycles. The van der Waals surface area contributed by atoms with Crippen LogP contribution in [0.3, 0.4) is 0 Å². The fraction of sp³-hybridized carbons (Fsp3) is 0.211. The Labute approximate surface area is 154 Å². The Kier molecular flexibility index (Phi) is 5.37. The molecule has 7 heteroatoms. The third kappa shape index (κ3) is 3.94. The Morgan fingerprint density at radius 3 is 2.69 bits per heavy atom. The number of nitrogens with one attached hydrogen (secondary N) is 1. The largest absolute Gasteiger partial charge is 0.325 e. The van der Waals surface area contributed by atoms with Crippen LogP contribution in [-0.2, 0) is 14.4 Å². The zero-order chi connectivity index (χ0) is 18.7. The molecule has 1 atom stereocenters. The average Bonchev–Trinajstić information content (AvgIpc) is 2.91. The molecule has 0 spiro atoms. The minimum atomic E-state index is -0.595. The van der Waals surface area contributed by atoms with Gasteiger partial charge in [-0.05, 0) is 36.8 Å². The van der Waals surface area contributed by atoms with Gasteiger partial charge in [-0.25, -0.2) is 9.29 Å². The van der Waals surface area contributed by atoms with E-state index < -0.39 is 11.1 Å². The predicted octanol–water partition coefficient (Wildman–Crippen LogP) is 3.14. The second-order valence-corrected chi connectivity index (χ2v) is 7.11. The van der Waals surface area contributed by atoms with E-state index in [1.807, 2.05) is 0 Å². The highest BCUT2D eigenvalue weighted by Crippen LogP contribution is 2.29. The molecule has 2 aromatic carbocycles. The zero-order valence-electron chi connectivity index (χ0n) is 14.1. The summed E-state index contributed by atoms with van der Waals surface area (Å²) in [6.45, 7) is 1.76. The van der Waals surface area contributed by atoms with Crippen molar-refractivity contribution in [2.45, 2.75) is 18.6 Å². The lowest BCUT2D eigenvalue weighted by molar-refractivity contribution is -0.121. The van der Waals surface area contributed by atoms with Gasteiger partial charge in [0.15, 0.2) is 0 Å². The van der Waals surface area contributed by atoms with E-state index in [4.69, 9.17) is 0 Å². The molecule has 1 saturated heterocycles. The fourth-order valence-corrected chi connectivity index (χ4v) is 3.61. The van der Waals surface area contributed by atoms with Gasteiger partial charge >= 0.3 is 0 Å². The number of rotatable bonds is 5. The highest BCUT2D eigenvalue weighted by atomic mass is 32.2. The number of anilines is 2. The lowest BCUT2D eigenvalue weighted by atomic mass is 10.2. The molecule has 26 heavy (non-hydrogen) atoms. The molecule has 0 radical (unpaired) electrons. The minimum Gasteiger partial charge on any atom is -0.325 e. The molecule has 0 bridgehead atoms. The summed E-state index contributed by atoms with van der Waals surface area (Å²) in [5.74, 6) is -1.38. The van der Waals surface area contributed by atoms with Crippen LogP contribution in [0.1, 0.15) is 12.0 Å². The van der Waals surface area contributed by atoms with Gasteiger partial charge in [0.2, 0.25) is 17.7 Å². The van der Waals surface area contributed by atoms with Crippen LogP contribution >= 0.6 is 11.8 Å². The van der Waals surface area contributed by atoms with E-state index in [0.29, 0.717) is 11.4 Å². The van der Waals surface area contributed by atoms with Crippen LogP contribution in [0.5, 0.6) is 0 Å². The summed E-state index contributed by atoms with van der Waals surface area (Å²) in [5.41, 5.74) is 1.67. The number of carbonyl (C=O) groups is 3. The Morgan fingerprint density at radius 1 is 1.23 bits per heavy atom. The lowest BCUT2D eigenvalue weighted by Crippen LogP contribution is -2.31. The Bertz CT molecular complexity index is 857. The molecule has 1 aliphatic rings. The first-order valence-corrected chi connectivity index (χ1v) is 9.10. The topological polar surface area (TPSA) is 66.5 Å². The number of halogens is 1. The van der Waals surface area contributed by atoms with Crippen LogP contribution in [0, 0.1) is 12.7 Å². The number of imide groups is 1. The average molecular weight is 372 g/mol. The van der Waals surface area contributed by atoms with Crippen LogP contribution in [-0.4, -0.2) is 28.7 Å². The van der Waals surface area contributed by atoms with Crippen LogP contribution in [0.25, 0.3) is 0 Å². The molecule has 5 nitrogen and oxygen atoms in total. The number of carbonyl (C=O) groups excluding carboxylic acids is 3. The summed E-state index contributed by atoms with van der Waals surface area (Å²) >= 11 is 1.11. The molecule has 1 aliphatic heterocycles. The fourth-order valence-electron chi connectivity index (χ4n) is 2.67. The predicted molar refractivity (Wildman–Crippen MR) is 99.6 cm³/mol. The number of aryl methyl sites for hydroxylation is 1. The van der Waals surface area contributed by atoms with E-state index >= 15 is 0 Å². The number of para-hydroxylation sites is 1. The highest BCUT2D eigenvalue weighted by molar-refractivity contribution is 8.01. The normalized spacial score (nSPS) is 16.8. The molecule has 0 saturated carbocycles. The van der Waals surface area contributed by atoms with E-state index in [9.17, 15) is 18.8 Å². The SMILES string of the molecule is Cc1ccc(F)cc1NC(=O)CS[C@@H]1CC(=O)N(c2ccccc2)C1=O. The number of hydrogen-bond acceptors (Lipinski definition) is 4. The monoisotopic (exact) mass is 372 g/mol. The van der Waals surface area contributed by atoms with Gasteiger partial charge in [-0.3, -0.25) is 14.4 Å². The molecule has 3 amide bonds. The Hall–Kier alpha value is -2.67. The molecular formula is C19H17FN2O3S. The molecule has 1 fully saturated rings. The number of benzene rings is 2. The van der Waals surface area contributed by atoms with Crippen molar-refractivity contribution in [3.05, 3.63) is 59.9 Å². The summed E-state index contributed by atoms with van der Waals surface area (Å²) in [4.78, 5) is 37.9. The third-order valence-electron chi connectivity index (χ3n) is 4.01. The summed E-state index contributed by atoms with van der Waals surface area (Å²) in [7, 11) is 0. The van der Waals surface area contributed by atoms with Crippen LogP contribution in [0.2, 0.25) is 0 Å². The maximum absolute atomic E-state index is 13.3. The van der Waals surface area contributed by atoms with Crippen molar-refractivity contribution in [1.29, 1.82) is 0 Å². The summed E-state index contributed by atoms with van der Waals surface area (Å²) in [5, 5.41) is 2.04. The van der Waals surface area contributed by atoms with Crippen molar-refractivity contribution in [2.75, 3.05) is 16.0 Å². The number of thioether (sulfide) groups is 1. The number of nitrogens with zero attached hydrogens (tertiary/aromatic N) is 1. The molecule has 0 unspecified atom stereocenters. The van der Waals surface area contributed by atoms with Crippen molar-refractivity contribution in [2.24, 2.45) is 0 Å². The van der Waals surface area contributed by atoms with E-state index in [1.165, 1.54) is 12.1 Å². The molecule has 134 valence electrons. The van der Waals surface area contributed by atoms with Gasteiger partial charge in [0, 0.05) is 12.1 Å². The smallest absolute Gasteiger partial charge is 0.247 e. The number of amides is 3. The second kappa shape index (κ2) is 7.70. The van der Waals surface area contributed by atoms with Gasteiger partial charge < -0.3 is 5.32 Å². The van der Waals surface area contributed by atoms with Gasteiger partial charge in [0.25, 0.3) is 0 Å². The Morgan fingerprint density at radius 2 is 1.96 bits per heavy atom. The van der Waals surface area contributed by atoms with E-state index in [1.54, 1.807) is 43.3 Å².